The number of alkyl halides is 6. The van der Waals surface area contributed by atoms with Gasteiger partial charge in [-0.25, -0.2) is 61.2 Å². The zero-order valence-electron chi connectivity index (χ0n) is 38.9. The van der Waals surface area contributed by atoms with E-state index in [0.717, 1.165) is 33.5 Å². The van der Waals surface area contributed by atoms with E-state index < -0.39 is 63.9 Å². The third-order valence-electron chi connectivity index (χ3n) is 10.1. The first-order valence-corrected chi connectivity index (χ1v) is 20.8. The summed E-state index contributed by atoms with van der Waals surface area (Å²) in [5.74, 6) is 3.93. The molecule has 0 fully saturated rings. The van der Waals surface area contributed by atoms with Crippen molar-refractivity contribution in [1.82, 2.24) is 19.7 Å². The fourth-order valence-electron chi connectivity index (χ4n) is 6.10. The van der Waals surface area contributed by atoms with Crippen LogP contribution in [0.3, 0.4) is 0 Å². The highest BCUT2D eigenvalue weighted by atomic mass is 19.4. The summed E-state index contributed by atoms with van der Waals surface area (Å²) in [5.41, 5.74) is 1.80. The van der Waals surface area contributed by atoms with E-state index in [1.165, 1.54) is 36.4 Å². The number of nitrogen functional groups attached to an aromatic ring is 1. The smallest absolute Gasteiger partial charge is 0.334 e. The molecule has 0 aliphatic heterocycles. The molecule has 2 amide bonds. The molecule has 1 heterocycles. The summed E-state index contributed by atoms with van der Waals surface area (Å²) in [6.07, 6.45) is -8.20. The van der Waals surface area contributed by atoms with Crippen LogP contribution in [0.1, 0.15) is 38.9 Å². The summed E-state index contributed by atoms with van der Waals surface area (Å²) in [6.45, 7) is 27.0. The maximum absolute atomic E-state index is 13.7. The molecule has 0 atom stereocenters. The minimum absolute atomic E-state index is 0.00922. The molecule has 7 aromatic rings. The number of aromatic nitrogens is 3. The summed E-state index contributed by atoms with van der Waals surface area (Å²) in [5, 5.41) is 7.08. The van der Waals surface area contributed by atoms with Crippen LogP contribution >= 0.6 is 0 Å². The van der Waals surface area contributed by atoms with Crippen LogP contribution in [0, 0.1) is 64.9 Å². The van der Waals surface area contributed by atoms with Gasteiger partial charge in [0.2, 0.25) is 6.08 Å². The van der Waals surface area contributed by atoms with E-state index in [4.69, 9.17) is 25.6 Å². The van der Waals surface area contributed by atoms with E-state index in [9.17, 15) is 58.7 Å². The van der Waals surface area contributed by atoms with Gasteiger partial charge in [-0.1, -0.05) is 42.5 Å². The Bertz CT molecular complexity index is 3500. The largest absolute Gasteiger partial charge is 0.407 e. The van der Waals surface area contributed by atoms with Crippen molar-refractivity contribution in [2.24, 2.45) is 10.8 Å². The Hall–Kier alpha value is -9.69. The molecule has 15 nitrogen and oxygen atoms in total. The Morgan fingerprint density at radius 2 is 1.16 bits per heavy atom. The average molecular weight is 1030 g/mol. The van der Waals surface area contributed by atoms with Gasteiger partial charge in [0.25, 0.3) is 0 Å². The van der Waals surface area contributed by atoms with E-state index in [1.807, 2.05) is 0 Å². The average Bonchev–Trinajstić information content (AvgIpc) is 3.66. The number of aryl methyl sites for hydroxylation is 4. The number of nitrogens with zero attached hydrogens (tertiary/aromatic N) is 6. The minimum atomic E-state index is -4.70. The molecule has 74 heavy (non-hydrogen) atoms. The summed E-state index contributed by atoms with van der Waals surface area (Å²) >= 11 is 0. The number of rotatable bonds is 7. The molecule has 0 aliphatic rings. The minimum Gasteiger partial charge on any atom is -0.334 e. The van der Waals surface area contributed by atoms with Crippen LogP contribution in [0.4, 0.5) is 78.4 Å². The van der Waals surface area contributed by atoms with Crippen LogP contribution < -0.4 is 33.3 Å². The van der Waals surface area contributed by atoms with E-state index in [-0.39, 0.29) is 29.4 Å². The van der Waals surface area contributed by atoms with Gasteiger partial charge in [0, 0.05) is 12.2 Å². The molecule has 6 aromatic carbocycles. The number of benzene rings is 6. The first-order valence-electron chi connectivity index (χ1n) is 20.8. The van der Waals surface area contributed by atoms with Gasteiger partial charge in [0.05, 0.1) is 53.6 Å². The van der Waals surface area contributed by atoms with Crippen LogP contribution in [0.5, 0.6) is 0 Å². The Kier molecular flexibility index (Phi) is 19.2. The van der Waals surface area contributed by atoms with Gasteiger partial charge < -0.3 is 16.1 Å². The van der Waals surface area contributed by atoms with Gasteiger partial charge in [0.1, 0.15) is 17.5 Å². The number of anilines is 2. The number of urea groups is 1. The molecule has 0 spiro atoms. The lowest BCUT2D eigenvalue weighted by molar-refractivity contribution is -0.137. The molecule has 0 radical (unpaired) electrons. The third-order valence-corrected chi connectivity index (χ3v) is 10.1. The Balaban J connectivity index is 0.000000225. The standard InChI is InChI=1S/C17H13F4N3O.C17H13FN4O2.C9H3F3N2O.C7H9FN2/c1-10-3-4-11(7-14(10)18)9-23-16(25)24-12-5-6-15(22-2)13(8-12)17(19,20)21;1-10-4-5-13(9-14(10)18)22-17(24)21(16(23)20-22)12-6-7-15(19-3)11(2)8-12;1-13-8-3-2-6(14-5-15)4-7(8)9(10,11)12;1-5-2-3-6(10-9)4-7(5)8/h3-8H,9H2,1H3,(H2,23,24,25);4-9H,1-2H3,(H,20,23);2-4H;2-4,10H,9H2,1H3. The molecule has 0 aliphatic carbocycles. The maximum Gasteiger partial charge on any atom is 0.407 e. The number of aromatic amines is 1. The van der Waals surface area contributed by atoms with Crippen LogP contribution in [-0.4, -0.2) is 26.5 Å². The predicted molar refractivity (Wildman–Crippen MR) is 257 cm³/mol. The van der Waals surface area contributed by atoms with Gasteiger partial charge in [-0.3, -0.25) is 5.84 Å². The number of nitrogens with two attached hydrogens (primary N) is 1. The van der Waals surface area contributed by atoms with E-state index >= 15 is 0 Å². The molecule has 0 saturated carbocycles. The zero-order valence-corrected chi connectivity index (χ0v) is 38.9. The number of isocyanates is 1. The number of carbonyl (C=O) groups is 1. The molecule has 380 valence electrons. The molecule has 0 saturated heterocycles. The SMILES string of the molecule is Cc1ccc(NN)cc1F.[C-]#[N+]c1ccc(-n2c(=O)[nH]n(-c3ccc(C)c(F)c3)c2=O)cc1C.[C-]#[N+]c1ccc(N=C=O)cc1C(F)(F)F.[C-]#[N+]c1ccc(NC(=O)NCc2ccc(C)c(F)c2)cc1C(F)(F)F. The number of halogens is 9. The van der Waals surface area contributed by atoms with Crippen LogP contribution in [-0.2, 0) is 23.7 Å². The summed E-state index contributed by atoms with van der Waals surface area (Å²) in [6, 6.07) is 23.0. The number of hydrogen-bond donors (Lipinski definition) is 5. The summed E-state index contributed by atoms with van der Waals surface area (Å²) < 4.78 is 118. The van der Waals surface area contributed by atoms with Crippen molar-refractivity contribution in [3.63, 3.8) is 0 Å². The van der Waals surface area contributed by atoms with Gasteiger partial charge in [-0.2, -0.15) is 31.3 Å². The second kappa shape index (κ2) is 24.9. The lowest BCUT2D eigenvalue weighted by atomic mass is 10.1. The number of hydrazine groups is 1. The van der Waals surface area contributed by atoms with Crippen LogP contribution in [0.25, 0.3) is 25.9 Å². The normalized spacial score (nSPS) is 10.5. The third kappa shape index (κ3) is 15.2. The number of aliphatic imine (C=N–C) groups is 1. The van der Waals surface area contributed by atoms with Crippen molar-refractivity contribution in [1.29, 1.82) is 0 Å². The zero-order chi connectivity index (χ0) is 55.1. The topological polar surface area (TPSA) is 181 Å². The molecule has 1 aromatic heterocycles. The Labute approximate surface area is 414 Å². The van der Waals surface area contributed by atoms with Crippen LogP contribution in [0.15, 0.2) is 124 Å². The summed E-state index contributed by atoms with van der Waals surface area (Å²) in [7, 11) is 0. The van der Waals surface area contributed by atoms with E-state index in [1.54, 1.807) is 70.2 Å². The van der Waals surface area contributed by atoms with Gasteiger partial charge in [-0.15, -0.1) is 0 Å². The number of hydrogen-bond acceptors (Lipinski definition) is 7. The molecular formula is C50H38F9N11O4. The van der Waals surface area contributed by atoms with E-state index in [0.29, 0.717) is 57.0 Å². The molecule has 24 heteroatoms. The quantitative estimate of drug-likeness (QED) is 0.0264. The fourth-order valence-corrected chi connectivity index (χ4v) is 6.10. The highest BCUT2D eigenvalue weighted by molar-refractivity contribution is 5.89. The van der Waals surface area contributed by atoms with Crippen molar-refractivity contribution < 1.29 is 49.1 Å². The van der Waals surface area contributed by atoms with Gasteiger partial charge in [-0.05, 0) is 122 Å². The van der Waals surface area contributed by atoms with Crippen molar-refractivity contribution >= 4 is 46.2 Å². The second-order valence-electron chi connectivity index (χ2n) is 15.2. The number of amides is 2. The van der Waals surface area contributed by atoms with Crippen molar-refractivity contribution in [3.8, 4) is 11.4 Å². The second-order valence-corrected chi connectivity index (χ2v) is 15.2. The van der Waals surface area contributed by atoms with Gasteiger partial charge in [0.15, 0.2) is 17.1 Å². The van der Waals surface area contributed by atoms with E-state index in [2.05, 4.69) is 40.7 Å². The first-order chi connectivity index (χ1) is 34.8. The lowest BCUT2D eigenvalue weighted by Crippen LogP contribution is -2.28. The summed E-state index contributed by atoms with van der Waals surface area (Å²) in [4.78, 5) is 58.3. The lowest BCUT2D eigenvalue weighted by Gasteiger charge is -2.12. The molecule has 7 rings (SSSR count). The van der Waals surface area contributed by atoms with Crippen molar-refractivity contribution in [2.75, 3.05) is 10.7 Å². The number of carbonyl (C=O) groups excluding carboxylic acids is 2. The fraction of sp³-hybridized carbons (Fsp3) is 0.140. The highest BCUT2D eigenvalue weighted by Crippen LogP contribution is 2.39. The van der Waals surface area contributed by atoms with Crippen molar-refractivity contribution in [3.05, 3.63) is 221 Å². The Morgan fingerprint density at radius 1 is 0.649 bits per heavy atom. The molecule has 6 N–H and O–H groups in total. The Morgan fingerprint density at radius 3 is 1.69 bits per heavy atom. The molecule has 0 unspecified atom stereocenters. The molecule has 0 bridgehead atoms. The van der Waals surface area contributed by atoms with Crippen molar-refractivity contribution in [2.45, 2.75) is 46.6 Å². The highest BCUT2D eigenvalue weighted by Gasteiger charge is 2.34. The number of H-pyrrole nitrogens is 1. The number of nitrogens with one attached hydrogen (secondary N) is 4. The first kappa shape index (κ1) is 56.9. The monoisotopic (exact) mass is 1030 g/mol. The predicted octanol–water partition coefficient (Wildman–Crippen LogP) is 12.3. The van der Waals surface area contributed by atoms with Crippen LogP contribution in [0.2, 0.25) is 0 Å². The maximum atomic E-state index is 13.7. The van der Waals surface area contributed by atoms with Gasteiger partial charge >= 0.3 is 29.8 Å². The molecular weight excluding hydrogens is 990 g/mol.